The molecule has 2 rings (SSSR count). The van der Waals surface area contributed by atoms with E-state index in [0.29, 0.717) is 0 Å². The lowest BCUT2D eigenvalue weighted by Crippen LogP contribution is -2.44. The summed E-state index contributed by atoms with van der Waals surface area (Å²) in [5.41, 5.74) is 0. The van der Waals surface area contributed by atoms with Crippen molar-refractivity contribution in [1.29, 1.82) is 0 Å². The second-order valence-electron chi connectivity index (χ2n) is 11.7. The Morgan fingerprint density at radius 3 is 1.84 bits per heavy atom. The van der Waals surface area contributed by atoms with Gasteiger partial charge < -0.3 is 27.2 Å². The first-order valence-electron chi connectivity index (χ1n) is 12.1. The summed E-state index contributed by atoms with van der Waals surface area (Å²) >= 11 is 0. The molecule has 2 fully saturated rings. The van der Waals surface area contributed by atoms with E-state index < -0.39 is 43.5 Å². The molecule has 0 bridgehead atoms. The number of ether oxygens (including phenoxy) is 2. The Morgan fingerprint density at radius 2 is 1.38 bits per heavy atom. The second-order valence-corrected chi connectivity index (χ2v) is 23.9. The molecular weight excluding hydrogens is 460 g/mol. The van der Waals surface area contributed by atoms with Crippen LogP contribution in [-0.4, -0.2) is 73.9 Å². The molecule has 2 aliphatic rings. The lowest BCUT2D eigenvalue weighted by Gasteiger charge is -2.32. The van der Waals surface area contributed by atoms with E-state index in [4.69, 9.17) is 27.2 Å². The van der Waals surface area contributed by atoms with Gasteiger partial charge in [0.15, 0.2) is 28.8 Å². The summed E-state index contributed by atoms with van der Waals surface area (Å²) in [6.45, 7) is 23.1. The van der Waals surface area contributed by atoms with Gasteiger partial charge in [0.05, 0.1) is 6.10 Å². The quantitative estimate of drug-likeness (QED) is 0.277. The monoisotopic (exact) mass is 506 g/mol. The summed E-state index contributed by atoms with van der Waals surface area (Å²) in [6.07, 6.45) is 0.146. The van der Waals surface area contributed by atoms with Crippen LogP contribution in [0, 0.1) is 0 Å². The molecule has 188 valence electrons. The highest BCUT2D eigenvalue weighted by atomic mass is 28.4. The zero-order chi connectivity index (χ0) is 24.5. The molecule has 2 saturated heterocycles. The van der Waals surface area contributed by atoms with Crippen molar-refractivity contribution in [3.63, 3.8) is 0 Å². The maximum atomic E-state index is 12.6. The Labute approximate surface area is 198 Å². The van der Waals surface area contributed by atoms with Gasteiger partial charge in [0.1, 0.15) is 12.2 Å². The number of esters is 1. The molecule has 0 saturated carbocycles. The van der Waals surface area contributed by atoms with Gasteiger partial charge in [-0.25, -0.2) is 4.79 Å². The van der Waals surface area contributed by atoms with Crippen LogP contribution in [0.3, 0.4) is 0 Å². The predicted molar refractivity (Wildman–Crippen MR) is 133 cm³/mol. The van der Waals surface area contributed by atoms with E-state index in [9.17, 15) is 4.79 Å². The largest absolute Gasteiger partial charge is 0.455 e. The minimum absolute atomic E-state index is 0.131. The predicted octanol–water partition coefficient (Wildman–Crippen LogP) is 4.82. The molecule has 2 aliphatic heterocycles. The van der Waals surface area contributed by atoms with E-state index in [-0.39, 0.29) is 30.4 Å². The molecule has 0 aromatic carbocycles. The molecule has 7 nitrogen and oxygen atoms in total. The van der Waals surface area contributed by atoms with Gasteiger partial charge in [-0.1, -0.05) is 0 Å². The van der Waals surface area contributed by atoms with E-state index in [0.717, 1.165) is 18.9 Å². The van der Waals surface area contributed by atoms with Crippen LogP contribution >= 0.6 is 0 Å². The Morgan fingerprint density at radius 1 is 0.844 bits per heavy atom. The van der Waals surface area contributed by atoms with Crippen molar-refractivity contribution in [1.82, 2.24) is 0 Å². The molecule has 0 N–H and O–H groups in total. The van der Waals surface area contributed by atoms with Crippen molar-refractivity contribution in [2.75, 3.05) is 0 Å². The molecule has 32 heavy (non-hydrogen) atoms. The van der Waals surface area contributed by atoms with Gasteiger partial charge in [0.25, 0.3) is 0 Å². The third kappa shape index (κ3) is 8.30. The Hall–Kier alpha value is -0.0794. The Kier molecular flexibility index (Phi) is 9.39. The SMILES string of the molecule is CC(C)O[Si](C)(CCCC1O[C@H]2[C@H](OC(=O)[C@@H]2O[Si](C)(C)C)[C@H]1O[Si](C)(C)C)OC(C)C. The zero-order valence-electron chi connectivity index (χ0n) is 22.0. The van der Waals surface area contributed by atoms with Crippen LogP contribution in [0.1, 0.15) is 40.5 Å². The fraction of sp³-hybridized carbons (Fsp3) is 0.955. The van der Waals surface area contributed by atoms with Gasteiger partial charge in [-0.2, -0.15) is 0 Å². The van der Waals surface area contributed by atoms with Gasteiger partial charge in [-0.3, -0.25) is 0 Å². The maximum absolute atomic E-state index is 12.6. The minimum Gasteiger partial charge on any atom is -0.455 e. The lowest BCUT2D eigenvalue weighted by molar-refractivity contribution is -0.151. The molecule has 5 atom stereocenters. The molecule has 0 aliphatic carbocycles. The lowest BCUT2D eigenvalue weighted by atomic mass is 10.0. The van der Waals surface area contributed by atoms with E-state index in [1.807, 2.05) is 0 Å². The van der Waals surface area contributed by atoms with Crippen molar-refractivity contribution in [3.8, 4) is 0 Å². The van der Waals surface area contributed by atoms with Crippen molar-refractivity contribution in [3.05, 3.63) is 0 Å². The highest BCUT2D eigenvalue weighted by Crippen LogP contribution is 2.39. The number of hydrogen-bond acceptors (Lipinski definition) is 7. The topological polar surface area (TPSA) is 72.5 Å². The van der Waals surface area contributed by atoms with Crippen molar-refractivity contribution >= 4 is 31.2 Å². The van der Waals surface area contributed by atoms with Crippen molar-refractivity contribution < 1.29 is 32.0 Å². The summed E-state index contributed by atoms with van der Waals surface area (Å²) in [6, 6.07) is 0.882. The van der Waals surface area contributed by atoms with Crippen LogP contribution in [-0.2, 0) is 32.0 Å². The highest BCUT2D eigenvalue weighted by molar-refractivity contribution is 6.70. The summed E-state index contributed by atoms with van der Waals surface area (Å²) < 4.78 is 37.4. The van der Waals surface area contributed by atoms with Gasteiger partial charge >= 0.3 is 14.5 Å². The average molecular weight is 507 g/mol. The van der Waals surface area contributed by atoms with Crippen LogP contribution in [0.25, 0.3) is 0 Å². The van der Waals surface area contributed by atoms with Crippen molar-refractivity contribution in [2.24, 2.45) is 0 Å². The van der Waals surface area contributed by atoms with Crippen LogP contribution in [0.15, 0.2) is 0 Å². The van der Waals surface area contributed by atoms with Crippen molar-refractivity contribution in [2.45, 2.75) is 135 Å². The van der Waals surface area contributed by atoms with E-state index in [1.165, 1.54) is 0 Å². The van der Waals surface area contributed by atoms with Crippen LogP contribution in [0.2, 0.25) is 51.9 Å². The first kappa shape index (κ1) is 28.2. The molecule has 2 heterocycles. The fourth-order valence-corrected chi connectivity index (χ4v) is 9.74. The normalized spacial score (nSPS) is 29.2. The molecule has 10 heteroatoms. The van der Waals surface area contributed by atoms with Crippen LogP contribution in [0.4, 0.5) is 0 Å². The summed E-state index contributed by atoms with van der Waals surface area (Å²) in [7, 11) is -6.11. The van der Waals surface area contributed by atoms with E-state index in [1.54, 1.807) is 0 Å². The average Bonchev–Trinajstić information content (AvgIpc) is 3.01. The van der Waals surface area contributed by atoms with Gasteiger partial charge in [-0.05, 0) is 92.4 Å². The van der Waals surface area contributed by atoms with E-state index in [2.05, 4.69) is 73.5 Å². The van der Waals surface area contributed by atoms with E-state index >= 15 is 0 Å². The standard InChI is InChI=1S/C22H46O7Si3/c1-15(2)26-32(11,27-16(3)4)14-12-13-17-18(28-30(5,6)7)19-20(24-17)21(22(23)25-19)29-31(8,9)10/h15-21H,12-14H2,1-11H3/t17?,18-,19+,20-,21+/m0/s1. The van der Waals surface area contributed by atoms with Gasteiger partial charge in [0.2, 0.25) is 0 Å². The van der Waals surface area contributed by atoms with Crippen LogP contribution < -0.4 is 0 Å². The highest BCUT2D eigenvalue weighted by Gasteiger charge is 2.59. The first-order valence-corrected chi connectivity index (χ1v) is 21.4. The smallest absolute Gasteiger partial charge is 0.337 e. The molecule has 0 amide bonds. The van der Waals surface area contributed by atoms with Crippen LogP contribution in [0.5, 0.6) is 0 Å². The molecule has 0 aromatic heterocycles. The summed E-state index contributed by atoms with van der Waals surface area (Å²) in [4.78, 5) is 12.6. The number of rotatable bonds is 12. The second kappa shape index (κ2) is 10.7. The third-order valence-electron chi connectivity index (χ3n) is 5.19. The zero-order valence-corrected chi connectivity index (χ0v) is 25.0. The molecule has 0 radical (unpaired) electrons. The molecule has 0 aromatic rings. The van der Waals surface area contributed by atoms with Gasteiger partial charge in [0, 0.05) is 12.2 Å². The number of carbonyl (C=O) groups is 1. The molecule has 0 spiro atoms. The Balaban J connectivity index is 2.11. The third-order valence-corrected chi connectivity index (χ3v) is 10.3. The number of carbonyl (C=O) groups excluding carboxylic acids is 1. The summed E-state index contributed by atoms with van der Waals surface area (Å²) in [5.74, 6) is -0.319. The minimum atomic E-state index is -2.29. The molecular formula is C22H46O7Si3. The Bertz CT molecular complexity index is 620. The summed E-state index contributed by atoms with van der Waals surface area (Å²) in [5, 5.41) is 0. The van der Waals surface area contributed by atoms with Gasteiger partial charge in [-0.15, -0.1) is 0 Å². The maximum Gasteiger partial charge on any atom is 0.337 e. The number of hydrogen-bond donors (Lipinski definition) is 0. The fourth-order valence-electron chi connectivity index (χ4n) is 4.52. The number of fused-ring (bicyclic) bond motifs is 1. The first-order chi connectivity index (χ1) is 14.5. The molecule has 1 unspecified atom stereocenters.